The van der Waals surface area contributed by atoms with Gasteiger partial charge in [-0.25, -0.2) is 0 Å². The Kier molecular flexibility index (Phi) is 4.27. The molecular formula is C13H16N4O4. The number of nitrogens with two attached hydrogens (primary N) is 1. The Balaban J connectivity index is 2.18. The van der Waals surface area contributed by atoms with E-state index in [0.717, 1.165) is 0 Å². The number of aromatic nitrogens is 2. The van der Waals surface area contributed by atoms with Crippen molar-refractivity contribution in [3.63, 3.8) is 0 Å². The molecule has 8 nitrogen and oxygen atoms in total. The van der Waals surface area contributed by atoms with Gasteiger partial charge in [0.15, 0.2) is 5.82 Å². The molecule has 8 heteroatoms. The molecular weight excluding hydrogens is 276 g/mol. The van der Waals surface area contributed by atoms with Gasteiger partial charge in [0, 0.05) is 13.0 Å². The average Bonchev–Trinajstić information content (AvgIpc) is 2.90. The lowest BCUT2D eigenvalue weighted by atomic mass is 10.1. The van der Waals surface area contributed by atoms with Crippen molar-refractivity contribution in [3.8, 4) is 11.5 Å². The van der Waals surface area contributed by atoms with Gasteiger partial charge >= 0.3 is 0 Å². The molecule has 1 aromatic carbocycles. The van der Waals surface area contributed by atoms with Crippen molar-refractivity contribution >= 4 is 11.6 Å². The van der Waals surface area contributed by atoms with Crippen molar-refractivity contribution in [3.05, 3.63) is 29.4 Å². The van der Waals surface area contributed by atoms with Gasteiger partial charge in [-0.05, 0) is 6.07 Å². The van der Waals surface area contributed by atoms with Gasteiger partial charge in [-0.1, -0.05) is 5.16 Å². The van der Waals surface area contributed by atoms with Gasteiger partial charge < -0.3 is 25.0 Å². The molecule has 2 rings (SSSR count). The van der Waals surface area contributed by atoms with Crippen LogP contribution in [0.3, 0.4) is 0 Å². The van der Waals surface area contributed by atoms with Gasteiger partial charge in [0.1, 0.15) is 11.5 Å². The number of nitrogens with one attached hydrogen (secondary N) is 1. The lowest BCUT2D eigenvalue weighted by Crippen LogP contribution is -2.24. The van der Waals surface area contributed by atoms with Crippen molar-refractivity contribution in [2.24, 2.45) is 0 Å². The van der Waals surface area contributed by atoms with Gasteiger partial charge in [-0.2, -0.15) is 4.98 Å². The Morgan fingerprint density at radius 3 is 2.71 bits per heavy atom. The normalized spacial score (nSPS) is 10.2. The van der Waals surface area contributed by atoms with Crippen LogP contribution >= 0.6 is 0 Å². The summed E-state index contributed by atoms with van der Waals surface area (Å²) in [5.41, 5.74) is 6.39. The molecule has 21 heavy (non-hydrogen) atoms. The summed E-state index contributed by atoms with van der Waals surface area (Å²) in [6.45, 7) is 1.80. The number of methoxy groups -OCH3 is 2. The molecule has 1 amide bonds. The van der Waals surface area contributed by atoms with Crippen LogP contribution in [0.15, 0.2) is 16.7 Å². The Bertz CT molecular complexity index is 654. The number of hydrogen-bond donors (Lipinski definition) is 2. The molecule has 0 fully saturated rings. The van der Waals surface area contributed by atoms with E-state index >= 15 is 0 Å². The first-order valence-corrected chi connectivity index (χ1v) is 6.14. The maximum Gasteiger partial charge on any atom is 0.254 e. The SMILES string of the molecule is COc1cc(OC)c(N)c(C(=O)NCc2noc(C)n2)c1. The van der Waals surface area contributed by atoms with Crippen LogP contribution in [-0.2, 0) is 6.54 Å². The predicted molar refractivity (Wildman–Crippen MR) is 74.2 cm³/mol. The summed E-state index contributed by atoms with van der Waals surface area (Å²) in [5.74, 6) is 1.28. The third kappa shape index (κ3) is 3.22. The zero-order valence-corrected chi connectivity index (χ0v) is 12.0. The van der Waals surface area contributed by atoms with Crippen LogP contribution in [0.1, 0.15) is 22.1 Å². The van der Waals surface area contributed by atoms with Crippen LogP contribution in [0.25, 0.3) is 0 Å². The van der Waals surface area contributed by atoms with E-state index in [0.29, 0.717) is 23.2 Å². The number of ether oxygens (including phenoxy) is 2. The Morgan fingerprint density at radius 1 is 1.38 bits per heavy atom. The zero-order valence-electron chi connectivity index (χ0n) is 12.0. The van der Waals surface area contributed by atoms with E-state index in [9.17, 15) is 4.79 Å². The molecule has 0 radical (unpaired) electrons. The highest BCUT2D eigenvalue weighted by molar-refractivity contribution is 6.00. The number of aryl methyl sites for hydroxylation is 1. The van der Waals surface area contributed by atoms with Crippen LogP contribution < -0.4 is 20.5 Å². The number of nitrogen functional groups attached to an aromatic ring is 1. The fourth-order valence-electron chi connectivity index (χ4n) is 1.74. The van der Waals surface area contributed by atoms with Crippen LogP contribution in [-0.4, -0.2) is 30.3 Å². The summed E-state index contributed by atoms with van der Waals surface area (Å²) in [5, 5.41) is 6.35. The van der Waals surface area contributed by atoms with Gasteiger partial charge in [0.05, 0.1) is 32.0 Å². The second-order valence-electron chi connectivity index (χ2n) is 4.20. The lowest BCUT2D eigenvalue weighted by Gasteiger charge is -2.12. The fourth-order valence-corrected chi connectivity index (χ4v) is 1.74. The van der Waals surface area contributed by atoms with Crippen molar-refractivity contribution in [1.82, 2.24) is 15.5 Å². The Morgan fingerprint density at radius 2 is 2.14 bits per heavy atom. The predicted octanol–water partition coefficient (Wildman–Crippen LogP) is 0.907. The number of carbonyl (C=O) groups is 1. The third-order valence-corrected chi connectivity index (χ3v) is 2.79. The first kappa shape index (κ1) is 14.6. The molecule has 0 atom stereocenters. The molecule has 112 valence electrons. The molecule has 0 aliphatic carbocycles. The van der Waals surface area contributed by atoms with E-state index in [4.69, 9.17) is 19.7 Å². The molecule has 2 aromatic rings. The highest BCUT2D eigenvalue weighted by atomic mass is 16.5. The van der Waals surface area contributed by atoms with Gasteiger partial charge in [0.2, 0.25) is 5.89 Å². The largest absolute Gasteiger partial charge is 0.497 e. The van der Waals surface area contributed by atoms with Crippen LogP contribution in [0.5, 0.6) is 11.5 Å². The van der Waals surface area contributed by atoms with E-state index in [1.54, 1.807) is 13.0 Å². The number of nitrogens with zero attached hydrogens (tertiary/aromatic N) is 2. The molecule has 0 saturated carbocycles. The van der Waals surface area contributed by atoms with Gasteiger partial charge in [-0.3, -0.25) is 4.79 Å². The minimum Gasteiger partial charge on any atom is -0.497 e. The average molecular weight is 292 g/mol. The summed E-state index contributed by atoms with van der Waals surface area (Å²) in [7, 11) is 2.96. The quantitative estimate of drug-likeness (QED) is 0.787. The van der Waals surface area contributed by atoms with Crippen molar-refractivity contribution < 1.29 is 18.8 Å². The van der Waals surface area contributed by atoms with Crippen molar-refractivity contribution in [2.75, 3.05) is 20.0 Å². The van der Waals surface area contributed by atoms with Crippen LogP contribution in [0, 0.1) is 6.92 Å². The number of rotatable bonds is 5. The van der Waals surface area contributed by atoms with E-state index in [1.807, 2.05) is 0 Å². The third-order valence-electron chi connectivity index (χ3n) is 2.79. The number of anilines is 1. The molecule has 0 saturated heterocycles. The monoisotopic (exact) mass is 292 g/mol. The van der Waals surface area contributed by atoms with E-state index in [-0.39, 0.29) is 23.7 Å². The summed E-state index contributed by atoms with van der Waals surface area (Å²) < 4.78 is 15.1. The molecule has 0 aliphatic rings. The maximum absolute atomic E-state index is 12.2. The standard InChI is InChI=1S/C13H16N4O4/c1-7-16-11(17-21-7)6-15-13(18)9-4-8(19-2)5-10(20-3)12(9)14/h4-5H,6,14H2,1-3H3,(H,15,18). The molecule has 0 unspecified atom stereocenters. The van der Waals surface area contributed by atoms with Crippen molar-refractivity contribution in [2.45, 2.75) is 13.5 Å². The number of amides is 1. The molecule has 1 aromatic heterocycles. The minimum atomic E-state index is -0.382. The van der Waals surface area contributed by atoms with Gasteiger partial charge in [0.25, 0.3) is 5.91 Å². The Labute approximate surface area is 121 Å². The summed E-state index contributed by atoms with van der Waals surface area (Å²) in [6.07, 6.45) is 0. The minimum absolute atomic E-state index is 0.134. The summed E-state index contributed by atoms with van der Waals surface area (Å²) in [6, 6.07) is 3.14. The van der Waals surface area contributed by atoms with Crippen molar-refractivity contribution in [1.29, 1.82) is 0 Å². The lowest BCUT2D eigenvalue weighted by molar-refractivity contribution is 0.0950. The number of carbonyl (C=O) groups excluding carboxylic acids is 1. The Hall–Kier alpha value is -2.77. The topological polar surface area (TPSA) is 112 Å². The van der Waals surface area contributed by atoms with E-state index < -0.39 is 0 Å². The first-order chi connectivity index (χ1) is 10.0. The van der Waals surface area contributed by atoms with E-state index in [2.05, 4.69) is 15.5 Å². The zero-order chi connectivity index (χ0) is 15.4. The molecule has 1 heterocycles. The molecule has 0 aliphatic heterocycles. The van der Waals surface area contributed by atoms with Gasteiger partial charge in [-0.15, -0.1) is 0 Å². The smallest absolute Gasteiger partial charge is 0.254 e. The second-order valence-corrected chi connectivity index (χ2v) is 4.20. The highest BCUT2D eigenvalue weighted by Gasteiger charge is 2.16. The van der Waals surface area contributed by atoms with Crippen LogP contribution in [0.4, 0.5) is 5.69 Å². The van der Waals surface area contributed by atoms with Crippen LogP contribution in [0.2, 0.25) is 0 Å². The first-order valence-electron chi connectivity index (χ1n) is 6.14. The highest BCUT2D eigenvalue weighted by Crippen LogP contribution is 2.30. The summed E-state index contributed by atoms with van der Waals surface area (Å²) >= 11 is 0. The summed E-state index contributed by atoms with van der Waals surface area (Å²) in [4.78, 5) is 16.2. The molecule has 0 bridgehead atoms. The number of benzene rings is 1. The fraction of sp³-hybridized carbons (Fsp3) is 0.308. The molecule has 0 spiro atoms. The molecule has 3 N–H and O–H groups in total. The maximum atomic E-state index is 12.2. The number of hydrogen-bond acceptors (Lipinski definition) is 7. The van der Waals surface area contributed by atoms with E-state index in [1.165, 1.54) is 20.3 Å². The second kappa shape index (κ2) is 6.12.